The van der Waals surface area contributed by atoms with Crippen LogP contribution < -0.4 is 5.32 Å². The molecule has 4 nitrogen and oxygen atoms in total. The molecule has 0 aromatic carbocycles. The Kier molecular flexibility index (Phi) is 4.55. The third-order valence-corrected chi connectivity index (χ3v) is 2.52. The minimum Gasteiger partial charge on any atom is -0.383 e. The molecule has 1 saturated heterocycles. The van der Waals surface area contributed by atoms with E-state index in [0.29, 0.717) is 0 Å². The molecule has 94 valence electrons. The first-order valence-corrected chi connectivity index (χ1v) is 5.01. The number of amides is 1. The Hall–Kier alpha value is -0.820. The van der Waals surface area contributed by atoms with Crippen LogP contribution >= 0.6 is 0 Å². The highest BCUT2D eigenvalue weighted by Crippen LogP contribution is 2.25. The number of hydrogen-bond acceptors (Lipinski definition) is 3. The lowest BCUT2D eigenvalue weighted by molar-refractivity contribution is -0.182. The zero-order chi connectivity index (χ0) is 12.2. The zero-order valence-corrected chi connectivity index (χ0v) is 9.01. The van der Waals surface area contributed by atoms with Crippen molar-refractivity contribution in [1.82, 2.24) is 10.2 Å². The van der Waals surface area contributed by atoms with Crippen LogP contribution in [-0.2, 0) is 9.53 Å². The average Bonchev–Trinajstić information content (AvgIpc) is 2.36. The van der Waals surface area contributed by atoms with E-state index in [2.05, 4.69) is 5.32 Å². The Balaban J connectivity index is 2.68. The first-order valence-electron chi connectivity index (χ1n) is 5.01. The number of halogens is 3. The van der Waals surface area contributed by atoms with Crippen molar-refractivity contribution in [3.63, 3.8) is 0 Å². The van der Waals surface area contributed by atoms with Crippen LogP contribution in [0, 0.1) is 0 Å². The second kappa shape index (κ2) is 5.49. The maximum Gasteiger partial charge on any atom is 0.405 e. The molecule has 1 N–H and O–H groups in total. The molecule has 1 heterocycles. The van der Waals surface area contributed by atoms with Crippen molar-refractivity contribution in [1.29, 1.82) is 0 Å². The lowest BCUT2D eigenvalue weighted by Crippen LogP contribution is -2.50. The zero-order valence-electron chi connectivity index (χ0n) is 9.01. The molecule has 1 unspecified atom stereocenters. The summed E-state index contributed by atoms with van der Waals surface area (Å²) < 4.78 is 42.8. The molecule has 1 atom stereocenters. The van der Waals surface area contributed by atoms with E-state index < -0.39 is 12.2 Å². The highest BCUT2D eigenvalue weighted by Gasteiger charge is 2.44. The van der Waals surface area contributed by atoms with Gasteiger partial charge in [0.05, 0.1) is 6.61 Å². The van der Waals surface area contributed by atoms with Gasteiger partial charge in [-0.25, -0.2) is 0 Å². The van der Waals surface area contributed by atoms with Gasteiger partial charge >= 0.3 is 6.18 Å². The van der Waals surface area contributed by atoms with Gasteiger partial charge in [0.1, 0.15) is 6.04 Å². The molecule has 1 amide bonds. The van der Waals surface area contributed by atoms with Crippen molar-refractivity contribution in [3.05, 3.63) is 0 Å². The van der Waals surface area contributed by atoms with Crippen molar-refractivity contribution in [2.75, 3.05) is 33.4 Å². The highest BCUT2D eigenvalue weighted by molar-refractivity contribution is 5.76. The van der Waals surface area contributed by atoms with Gasteiger partial charge in [-0.3, -0.25) is 9.69 Å². The Morgan fingerprint density at radius 1 is 1.56 bits per heavy atom. The fourth-order valence-corrected chi connectivity index (χ4v) is 1.63. The summed E-state index contributed by atoms with van der Waals surface area (Å²) in [7, 11) is 1.43. The highest BCUT2D eigenvalue weighted by atomic mass is 19.4. The van der Waals surface area contributed by atoms with E-state index in [1.54, 1.807) is 0 Å². The molecule has 1 aliphatic heterocycles. The Morgan fingerprint density at radius 3 is 2.81 bits per heavy atom. The van der Waals surface area contributed by atoms with E-state index in [1.165, 1.54) is 12.0 Å². The molecule has 0 aliphatic carbocycles. The van der Waals surface area contributed by atoms with Gasteiger partial charge in [0.25, 0.3) is 0 Å². The van der Waals surface area contributed by atoms with Gasteiger partial charge in [-0.1, -0.05) is 0 Å². The smallest absolute Gasteiger partial charge is 0.383 e. The monoisotopic (exact) mass is 240 g/mol. The van der Waals surface area contributed by atoms with E-state index in [9.17, 15) is 18.0 Å². The van der Waals surface area contributed by atoms with E-state index in [4.69, 9.17) is 4.74 Å². The van der Waals surface area contributed by atoms with E-state index in [0.717, 1.165) is 0 Å². The molecular weight excluding hydrogens is 225 g/mol. The SMILES string of the molecule is COCCN1CCC(=O)NCC1C(F)(F)F. The molecule has 0 radical (unpaired) electrons. The van der Waals surface area contributed by atoms with Gasteiger partial charge in [-0.2, -0.15) is 13.2 Å². The van der Waals surface area contributed by atoms with Crippen molar-refractivity contribution in [3.8, 4) is 0 Å². The normalized spacial score (nSPS) is 24.0. The first kappa shape index (κ1) is 13.2. The summed E-state index contributed by atoms with van der Waals surface area (Å²) in [5.74, 6) is -0.339. The second-order valence-electron chi connectivity index (χ2n) is 3.64. The van der Waals surface area contributed by atoms with Crippen LogP contribution in [0.4, 0.5) is 13.2 Å². The summed E-state index contributed by atoms with van der Waals surface area (Å²) in [5, 5.41) is 2.27. The van der Waals surface area contributed by atoms with E-state index in [-0.39, 0.29) is 38.6 Å². The maximum absolute atomic E-state index is 12.7. The fraction of sp³-hybridized carbons (Fsp3) is 0.889. The van der Waals surface area contributed by atoms with Crippen LogP contribution in [0.25, 0.3) is 0 Å². The molecule has 7 heteroatoms. The Morgan fingerprint density at radius 2 is 2.25 bits per heavy atom. The largest absolute Gasteiger partial charge is 0.405 e. The third kappa shape index (κ3) is 3.64. The Labute approximate surface area is 91.7 Å². The van der Waals surface area contributed by atoms with Crippen LogP contribution in [0.2, 0.25) is 0 Å². The van der Waals surface area contributed by atoms with Crippen molar-refractivity contribution < 1.29 is 22.7 Å². The summed E-state index contributed by atoms with van der Waals surface area (Å²) in [4.78, 5) is 12.3. The second-order valence-corrected chi connectivity index (χ2v) is 3.64. The quantitative estimate of drug-likeness (QED) is 0.775. The molecule has 0 aromatic heterocycles. The van der Waals surface area contributed by atoms with Gasteiger partial charge in [-0.05, 0) is 0 Å². The predicted molar refractivity (Wildman–Crippen MR) is 50.9 cm³/mol. The summed E-state index contributed by atoms with van der Waals surface area (Å²) in [6.07, 6.45) is -4.23. The van der Waals surface area contributed by atoms with Crippen LogP contribution in [0.5, 0.6) is 0 Å². The molecule has 0 spiro atoms. The standard InChI is InChI=1S/C9H15F3N2O2/c1-16-5-4-14-3-2-8(15)13-6-7(14)9(10,11)12/h7H,2-6H2,1H3,(H,13,15). The number of nitrogens with one attached hydrogen (secondary N) is 1. The number of methoxy groups -OCH3 is 1. The third-order valence-electron chi connectivity index (χ3n) is 2.52. The van der Waals surface area contributed by atoms with Crippen molar-refractivity contribution in [2.24, 2.45) is 0 Å². The number of nitrogens with zero attached hydrogens (tertiary/aromatic N) is 1. The molecule has 1 fully saturated rings. The van der Waals surface area contributed by atoms with Crippen molar-refractivity contribution >= 4 is 5.91 Å². The molecular formula is C9H15F3N2O2. The minimum atomic E-state index is -4.33. The molecule has 0 aromatic rings. The fourth-order valence-electron chi connectivity index (χ4n) is 1.63. The number of carbonyl (C=O) groups excluding carboxylic acids is 1. The number of rotatable bonds is 3. The van der Waals surface area contributed by atoms with Gasteiger partial charge in [0.2, 0.25) is 5.91 Å². The summed E-state index contributed by atoms with van der Waals surface area (Å²) >= 11 is 0. The predicted octanol–water partition coefficient (Wildman–Crippen LogP) is 0.386. The number of alkyl halides is 3. The maximum atomic E-state index is 12.7. The molecule has 0 bridgehead atoms. The van der Waals surface area contributed by atoms with Gasteiger partial charge < -0.3 is 10.1 Å². The molecule has 1 aliphatic rings. The Bertz CT molecular complexity index is 245. The van der Waals surface area contributed by atoms with Crippen LogP contribution in [-0.4, -0.2) is 56.4 Å². The van der Waals surface area contributed by atoms with E-state index in [1.807, 2.05) is 0 Å². The summed E-state index contributed by atoms with van der Waals surface area (Å²) in [5.41, 5.74) is 0. The average molecular weight is 240 g/mol. The van der Waals surface area contributed by atoms with Crippen molar-refractivity contribution in [2.45, 2.75) is 18.6 Å². The topological polar surface area (TPSA) is 41.6 Å². The molecule has 1 rings (SSSR count). The van der Waals surface area contributed by atoms with E-state index >= 15 is 0 Å². The van der Waals surface area contributed by atoms with Crippen LogP contribution in [0.1, 0.15) is 6.42 Å². The summed E-state index contributed by atoms with van der Waals surface area (Å²) in [6, 6.07) is -1.62. The minimum absolute atomic E-state index is 0.0935. The summed E-state index contributed by atoms with van der Waals surface area (Å²) in [6.45, 7) is 0.127. The van der Waals surface area contributed by atoms with Gasteiger partial charge in [-0.15, -0.1) is 0 Å². The van der Waals surface area contributed by atoms with Crippen LogP contribution in [0.3, 0.4) is 0 Å². The number of hydrogen-bond donors (Lipinski definition) is 1. The van der Waals surface area contributed by atoms with Gasteiger partial charge in [0, 0.05) is 33.2 Å². The number of ether oxygens (including phenoxy) is 1. The lowest BCUT2D eigenvalue weighted by atomic mass is 10.2. The number of carbonyl (C=O) groups is 1. The lowest BCUT2D eigenvalue weighted by Gasteiger charge is -2.30. The van der Waals surface area contributed by atoms with Gasteiger partial charge in [0.15, 0.2) is 0 Å². The molecule has 0 saturated carbocycles. The van der Waals surface area contributed by atoms with Crippen LogP contribution in [0.15, 0.2) is 0 Å². The molecule has 16 heavy (non-hydrogen) atoms. The first-order chi connectivity index (χ1) is 7.45.